The summed E-state index contributed by atoms with van der Waals surface area (Å²) in [5.41, 5.74) is 1.62. The SMILES string of the molecule is Cc1nc(C)c(-c2ccc(=O)n(-c3ccc(C(=O)O)c(O)c3)c2)s1. The van der Waals surface area contributed by atoms with E-state index in [2.05, 4.69) is 4.98 Å². The van der Waals surface area contributed by atoms with Crippen molar-refractivity contribution in [3.63, 3.8) is 0 Å². The molecule has 2 aromatic heterocycles. The van der Waals surface area contributed by atoms with Crippen molar-refractivity contribution in [2.24, 2.45) is 0 Å². The monoisotopic (exact) mass is 342 g/mol. The Morgan fingerprint density at radius 3 is 2.54 bits per heavy atom. The van der Waals surface area contributed by atoms with Crippen LogP contribution < -0.4 is 5.56 Å². The van der Waals surface area contributed by atoms with E-state index in [0.717, 1.165) is 21.1 Å². The Labute approximate surface area is 141 Å². The summed E-state index contributed by atoms with van der Waals surface area (Å²) < 4.78 is 1.37. The maximum absolute atomic E-state index is 12.2. The van der Waals surface area contributed by atoms with Crippen molar-refractivity contribution in [1.82, 2.24) is 9.55 Å². The highest BCUT2D eigenvalue weighted by Crippen LogP contribution is 2.29. The summed E-state index contributed by atoms with van der Waals surface area (Å²) in [6, 6.07) is 7.18. The molecule has 0 saturated heterocycles. The molecule has 0 aliphatic heterocycles. The third kappa shape index (κ3) is 2.81. The van der Waals surface area contributed by atoms with Crippen LogP contribution in [0.5, 0.6) is 5.75 Å². The molecule has 0 saturated carbocycles. The van der Waals surface area contributed by atoms with Crippen molar-refractivity contribution in [3.8, 4) is 21.9 Å². The van der Waals surface area contributed by atoms with Crippen LogP contribution in [0.1, 0.15) is 21.1 Å². The molecule has 1 aromatic carbocycles. The zero-order valence-electron chi connectivity index (χ0n) is 13.0. The van der Waals surface area contributed by atoms with Gasteiger partial charge in [0.15, 0.2) is 0 Å². The van der Waals surface area contributed by atoms with E-state index in [4.69, 9.17) is 5.11 Å². The van der Waals surface area contributed by atoms with Gasteiger partial charge in [0.05, 0.1) is 21.3 Å². The third-order valence-corrected chi connectivity index (χ3v) is 4.69. The van der Waals surface area contributed by atoms with Crippen molar-refractivity contribution in [1.29, 1.82) is 0 Å². The minimum atomic E-state index is -1.23. The summed E-state index contributed by atoms with van der Waals surface area (Å²) >= 11 is 1.53. The summed E-state index contributed by atoms with van der Waals surface area (Å²) in [6.07, 6.45) is 1.66. The van der Waals surface area contributed by atoms with Gasteiger partial charge in [-0.25, -0.2) is 9.78 Å². The molecule has 2 heterocycles. The average Bonchev–Trinajstić information content (AvgIpc) is 2.86. The molecular formula is C17H14N2O4S. The number of aromatic hydroxyl groups is 1. The van der Waals surface area contributed by atoms with Gasteiger partial charge in [-0.15, -0.1) is 11.3 Å². The fourth-order valence-corrected chi connectivity index (χ4v) is 3.38. The van der Waals surface area contributed by atoms with Crippen molar-refractivity contribution in [2.45, 2.75) is 13.8 Å². The van der Waals surface area contributed by atoms with Gasteiger partial charge in [-0.2, -0.15) is 0 Å². The number of benzene rings is 1. The van der Waals surface area contributed by atoms with Crippen molar-refractivity contribution < 1.29 is 15.0 Å². The quantitative estimate of drug-likeness (QED) is 0.763. The molecule has 0 bridgehead atoms. The van der Waals surface area contributed by atoms with Gasteiger partial charge in [0, 0.05) is 23.9 Å². The third-order valence-electron chi connectivity index (χ3n) is 3.57. The van der Waals surface area contributed by atoms with E-state index in [1.807, 2.05) is 13.8 Å². The molecule has 0 unspecified atom stereocenters. The molecule has 3 aromatic rings. The molecule has 24 heavy (non-hydrogen) atoms. The average molecular weight is 342 g/mol. The summed E-state index contributed by atoms with van der Waals surface area (Å²) in [4.78, 5) is 28.5. The first-order valence-electron chi connectivity index (χ1n) is 7.10. The maximum Gasteiger partial charge on any atom is 0.339 e. The van der Waals surface area contributed by atoms with Crippen molar-refractivity contribution in [3.05, 3.63) is 63.1 Å². The number of carboxylic acids is 1. The van der Waals surface area contributed by atoms with E-state index in [1.165, 1.54) is 40.2 Å². The maximum atomic E-state index is 12.2. The van der Waals surface area contributed by atoms with Gasteiger partial charge in [-0.3, -0.25) is 9.36 Å². The van der Waals surface area contributed by atoms with Gasteiger partial charge in [0.2, 0.25) is 0 Å². The van der Waals surface area contributed by atoms with Crippen LogP contribution in [0.4, 0.5) is 0 Å². The van der Waals surface area contributed by atoms with E-state index in [-0.39, 0.29) is 16.9 Å². The van der Waals surface area contributed by atoms with E-state index >= 15 is 0 Å². The lowest BCUT2D eigenvalue weighted by molar-refractivity contribution is 0.0694. The Hall–Kier alpha value is -2.93. The summed E-state index contributed by atoms with van der Waals surface area (Å²) in [5.74, 6) is -1.61. The van der Waals surface area contributed by atoms with Crippen LogP contribution in [0, 0.1) is 13.8 Å². The number of thiazole rings is 1. The van der Waals surface area contributed by atoms with E-state index in [9.17, 15) is 14.7 Å². The number of phenols is 1. The number of carbonyl (C=O) groups is 1. The number of carboxylic acid groups (broad SMARTS) is 1. The number of pyridine rings is 1. The summed E-state index contributed by atoms with van der Waals surface area (Å²) in [7, 11) is 0. The van der Waals surface area contributed by atoms with Crippen LogP contribution in [-0.4, -0.2) is 25.7 Å². The van der Waals surface area contributed by atoms with Crippen LogP contribution >= 0.6 is 11.3 Å². The van der Waals surface area contributed by atoms with Gasteiger partial charge in [-0.1, -0.05) is 0 Å². The van der Waals surface area contributed by atoms with E-state index < -0.39 is 5.97 Å². The second kappa shape index (κ2) is 5.93. The Morgan fingerprint density at radius 1 is 1.21 bits per heavy atom. The molecule has 2 N–H and O–H groups in total. The van der Waals surface area contributed by atoms with Gasteiger partial charge in [-0.05, 0) is 32.0 Å². The fourth-order valence-electron chi connectivity index (χ4n) is 2.47. The van der Waals surface area contributed by atoms with Crippen molar-refractivity contribution >= 4 is 17.3 Å². The van der Waals surface area contributed by atoms with Crippen LogP contribution in [0.2, 0.25) is 0 Å². The smallest absolute Gasteiger partial charge is 0.339 e. The molecule has 0 aliphatic rings. The summed E-state index contributed by atoms with van der Waals surface area (Å²) in [5, 5.41) is 19.8. The number of rotatable bonds is 3. The molecule has 3 rings (SSSR count). The van der Waals surface area contributed by atoms with E-state index in [0.29, 0.717) is 5.69 Å². The second-order valence-electron chi connectivity index (χ2n) is 5.28. The van der Waals surface area contributed by atoms with Gasteiger partial charge < -0.3 is 10.2 Å². The normalized spacial score (nSPS) is 10.8. The number of hydrogen-bond acceptors (Lipinski definition) is 5. The van der Waals surface area contributed by atoms with E-state index in [1.54, 1.807) is 12.3 Å². The molecule has 0 amide bonds. The van der Waals surface area contributed by atoms with Gasteiger partial charge in [0.1, 0.15) is 11.3 Å². The first-order chi connectivity index (χ1) is 11.4. The minimum absolute atomic E-state index is 0.211. The lowest BCUT2D eigenvalue weighted by Gasteiger charge is -2.09. The largest absolute Gasteiger partial charge is 0.507 e. The topological polar surface area (TPSA) is 92.4 Å². The molecular weight excluding hydrogens is 328 g/mol. The Morgan fingerprint density at radius 2 is 1.96 bits per heavy atom. The first-order valence-corrected chi connectivity index (χ1v) is 7.92. The molecule has 122 valence electrons. The lowest BCUT2D eigenvalue weighted by Crippen LogP contribution is -2.16. The van der Waals surface area contributed by atoms with Crippen LogP contribution in [0.15, 0.2) is 41.3 Å². The fraction of sp³-hybridized carbons (Fsp3) is 0.118. The predicted octanol–water partition coefficient (Wildman–Crippen LogP) is 2.98. The first kappa shape index (κ1) is 15.9. The van der Waals surface area contributed by atoms with Crippen LogP contribution in [-0.2, 0) is 0 Å². The Bertz CT molecular complexity index is 1000. The number of aryl methyl sites for hydroxylation is 2. The molecule has 0 spiro atoms. The Kier molecular flexibility index (Phi) is 3.94. The zero-order valence-corrected chi connectivity index (χ0v) is 13.8. The second-order valence-corrected chi connectivity index (χ2v) is 6.48. The molecule has 6 nitrogen and oxygen atoms in total. The Balaban J connectivity index is 2.13. The molecule has 0 atom stereocenters. The minimum Gasteiger partial charge on any atom is -0.507 e. The highest BCUT2D eigenvalue weighted by Gasteiger charge is 2.13. The summed E-state index contributed by atoms with van der Waals surface area (Å²) in [6.45, 7) is 3.82. The van der Waals surface area contributed by atoms with Gasteiger partial charge in [0.25, 0.3) is 5.56 Å². The number of nitrogens with zero attached hydrogens (tertiary/aromatic N) is 2. The highest BCUT2D eigenvalue weighted by atomic mass is 32.1. The van der Waals surface area contributed by atoms with Gasteiger partial charge >= 0.3 is 5.97 Å². The molecule has 0 radical (unpaired) electrons. The molecule has 0 fully saturated rings. The number of aromatic carboxylic acids is 1. The molecule has 7 heteroatoms. The van der Waals surface area contributed by atoms with Crippen LogP contribution in [0.25, 0.3) is 16.1 Å². The molecule has 0 aliphatic carbocycles. The standard InChI is InChI=1S/C17H14N2O4S/c1-9-16(24-10(2)18-9)11-3-6-15(21)19(8-11)12-4-5-13(17(22)23)14(20)7-12/h3-8,20H,1-2H3,(H,22,23). The van der Waals surface area contributed by atoms with Crippen molar-refractivity contribution in [2.75, 3.05) is 0 Å². The zero-order chi connectivity index (χ0) is 17.4. The lowest BCUT2D eigenvalue weighted by atomic mass is 10.1. The number of aromatic nitrogens is 2. The highest BCUT2D eigenvalue weighted by molar-refractivity contribution is 7.15. The van der Waals surface area contributed by atoms with Crippen LogP contribution in [0.3, 0.4) is 0 Å². The number of hydrogen-bond donors (Lipinski definition) is 2. The predicted molar refractivity (Wildman–Crippen MR) is 91.2 cm³/mol.